The number of amides is 3. The maximum Gasteiger partial charge on any atom is 0.408 e. The van der Waals surface area contributed by atoms with Crippen LogP contribution in [0.1, 0.15) is 138 Å². The first-order chi connectivity index (χ1) is 54.8. The van der Waals surface area contributed by atoms with Crippen molar-refractivity contribution in [3.63, 3.8) is 0 Å². The van der Waals surface area contributed by atoms with Crippen molar-refractivity contribution in [2.24, 2.45) is 0 Å². The molecular formula is C84H83F3N18O8. The van der Waals surface area contributed by atoms with Crippen molar-refractivity contribution in [3.8, 4) is 17.8 Å². The van der Waals surface area contributed by atoms with Crippen molar-refractivity contribution in [3.05, 3.63) is 299 Å². The highest BCUT2D eigenvalue weighted by atomic mass is 19.1. The van der Waals surface area contributed by atoms with Crippen molar-refractivity contribution in [2.45, 2.75) is 127 Å². The number of hydrogen-bond donors (Lipinski definition) is 7. The van der Waals surface area contributed by atoms with Crippen molar-refractivity contribution in [1.29, 1.82) is 0 Å². The Balaban J connectivity index is 0.000000134. The summed E-state index contributed by atoms with van der Waals surface area (Å²) in [5.74, 6) is 0.0115. The molecule has 3 fully saturated rings. The number of likely N-dealkylation sites (tertiary alicyclic amines) is 2. The quantitative estimate of drug-likeness (QED) is 0.0396. The summed E-state index contributed by atoms with van der Waals surface area (Å²) >= 11 is 0. The summed E-state index contributed by atoms with van der Waals surface area (Å²) in [6.45, 7) is 7.40. The van der Waals surface area contributed by atoms with Gasteiger partial charge in [-0.15, -0.1) is 0 Å². The molecule has 0 bridgehead atoms. The van der Waals surface area contributed by atoms with Gasteiger partial charge in [-0.3, -0.25) is 49.2 Å². The maximum atomic E-state index is 13.9. The number of fused-ring (bicyclic) bond motifs is 3. The highest BCUT2D eigenvalue weighted by Crippen LogP contribution is 2.38. The molecular weight excluding hydrogens is 1450 g/mol. The molecule has 8 aromatic heterocycles. The largest absolute Gasteiger partial charge is 0.444 e. The molecule has 2 atom stereocenters. The standard InChI is InChI=1S/C29H27FN6O2.C28H32FN5O4.C27H24FN7O2/c30-21-10-7-19(8-11-21)9-12-22-27(25-6-3-17-35(25)26(37)18-20-13-15-31-16-14-20)34-36(28(22)38)29-32-23-4-1-2-5-24(23)33-29;1-27(2,3)38-26(36)32-28(14-16-37-17-15-28)23-20(13-10-18-8-11-19(29)12-9-18)24(35)34(33-23)25-30-21-6-4-5-7-22(21)31-25;28-18-10-7-17(8-11-18)9-12-19-24(23-6-3-15-34(23)26(37)22-16-29-13-14-30-22)33-35(25(19)36)27-31-20-4-1-2-5-21(20)32-27/h1-2,4-5,7-8,10-11,13-16,25,34H,3,6,9,12,17-18H2,(H,32,33);4-9,11-12,33H,10,13-17H2,1-3H3,(H,30,31)(H,32,36);1-2,4-5,7-8,10-11,13-14,16,23,33H,3,6,9,12,15H2,(H,31,32). The van der Waals surface area contributed by atoms with E-state index in [4.69, 9.17) is 9.47 Å². The van der Waals surface area contributed by atoms with Crippen LogP contribution < -0.4 is 22.0 Å². The summed E-state index contributed by atoms with van der Waals surface area (Å²) in [6, 6.07) is 44.6. The molecule has 26 nitrogen and oxygen atoms in total. The van der Waals surface area contributed by atoms with E-state index in [0.29, 0.717) is 130 Å². The number of carbonyl (C=O) groups is 3. The smallest absolute Gasteiger partial charge is 0.408 e. The van der Waals surface area contributed by atoms with Crippen LogP contribution >= 0.6 is 0 Å². The lowest BCUT2D eigenvalue weighted by Gasteiger charge is -2.38. The monoisotopic (exact) mass is 1530 g/mol. The second kappa shape index (κ2) is 32.9. The van der Waals surface area contributed by atoms with Crippen LogP contribution in [0.15, 0.2) is 203 Å². The molecule has 6 aromatic carbocycles. The number of pyridine rings is 1. The zero-order chi connectivity index (χ0) is 78.3. The lowest BCUT2D eigenvalue weighted by molar-refractivity contribution is -0.131. The van der Waals surface area contributed by atoms with E-state index in [0.717, 1.165) is 80.3 Å². The number of para-hydroxylation sites is 6. The van der Waals surface area contributed by atoms with Gasteiger partial charge in [0.05, 0.1) is 80.4 Å². The van der Waals surface area contributed by atoms with Crippen molar-refractivity contribution >= 4 is 51.0 Å². The van der Waals surface area contributed by atoms with Crippen LogP contribution in [0.3, 0.4) is 0 Å². The Morgan fingerprint density at radius 2 is 0.947 bits per heavy atom. The van der Waals surface area contributed by atoms with E-state index in [2.05, 4.69) is 65.5 Å². The second-order valence-corrected chi connectivity index (χ2v) is 29.4. The topological polar surface area (TPSA) is 326 Å². The van der Waals surface area contributed by atoms with Gasteiger partial charge in [-0.2, -0.15) is 14.0 Å². The van der Waals surface area contributed by atoms with Crippen LogP contribution in [0.5, 0.6) is 0 Å². The Morgan fingerprint density at radius 3 is 1.40 bits per heavy atom. The summed E-state index contributed by atoms with van der Waals surface area (Å²) in [7, 11) is 0. The number of ether oxygens (including phenoxy) is 2. The molecule has 113 heavy (non-hydrogen) atoms. The molecule has 0 radical (unpaired) electrons. The summed E-state index contributed by atoms with van der Waals surface area (Å²) in [5.41, 5.74) is 10.0. The minimum absolute atomic E-state index is 0.0144. The molecule has 3 saturated heterocycles. The second-order valence-electron chi connectivity index (χ2n) is 29.4. The summed E-state index contributed by atoms with van der Waals surface area (Å²) in [4.78, 5) is 120. The molecule has 3 aliphatic heterocycles. The molecule has 0 saturated carbocycles. The van der Waals surface area contributed by atoms with Crippen LogP contribution in [-0.4, -0.2) is 134 Å². The van der Waals surface area contributed by atoms with E-state index in [1.54, 1.807) is 74.5 Å². The first-order valence-corrected chi connectivity index (χ1v) is 37.7. The Morgan fingerprint density at radius 1 is 0.513 bits per heavy atom. The average molecular weight is 1530 g/mol. The van der Waals surface area contributed by atoms with E-state index < -0.39 is 17.2 Å². The van der Waals surface area contributed by atoms with E-state index >= 15 is 0 Å². The van der Waals surface area contributed by atoms with E-state index in [1.807, 2.05) is 89.8 Å². The van der Waals surface area contributed by atoms with E-state index in [9.17, 15) is 41.9 Å². The van der Waals surface area contributed by atoms with Gasteiger partial charge in [0.1, 0.15) is 28.7 Å². The molecule has 3 amide bonds. The summed E-state index contributed by atoms with van der Waals surface area (Å²) in [5, 5.41) is 12.9. The van der Waals surface area contributed by atoms with Gasteiger partial charge in [0.25, 0.3) is 22.6 Å². The minimum atomic E-state index is -0.908. The van der Waals surface area contributed by atoms with Gasteiger partial charge >= 0.3 is 6.09 Å². The summed E-state index contributed by atoms with van der Waals surface area (Å²) < 4.78 is 55.7. The number of alkyl carbamates (subject to hydrolysis) is 1. The molecule has 0 spiro atoms. The van der Waals surface area contributed by atoms with E-state index in [-0.39, 0.29) is 70.1 Å². The van der Waals surface area contributed by atoms with Gasteiger partial charge in [-0.25, -0.2) is 37.9 Å². The number of aromatic nitrogens is 15. The number of carbonyl (C=O) groups excluding carboxylic acids is 3. The molecule has 2 unspecified atom stereocenters. The fourth-order valence-electron chi connectivity index (χ4n) is 15.1. The minimum Gasteiger partial charge on any atom is -0.444 e. The average Bonchev–Trinajstić information content (AvgIpc) is 1.62. The number of rotatable bonds is 19. The number of nitrogens with zero attached hydrogens (tertiary/aromatic N) is 11. The number of aromatic amines is 6. The van der Waals surface area contributed by atoms with Crippen LogP contribution in [0.2, 0.25) is 0 Å². The Hall–Kier alpha value is -13.1. The van der Waals surface area contributed by atoms with Crippen LogP contribution in [0.25, 0.3) is 50.9 Å². The fraction of sp³-hybridized carbons (Fsp3) is 0.286. The van der Waals surface area contributed by atoms with Crippen molar-refractivity contribution in [2.75, 3.05) is 26.3 Å². The van der Waals surface area contributed by atoms with Crippen LogP contribution in [0.4, 0.5) is 18.0 Å². The van der Waals surface area contributed by atoms with Gasteiger partial charge in [-0.05, 0) is 205 Å². The highest BCUT2D eigenvalue weighted by Gasteiger charge is 2.43. The Kier molecular flexibility index (Phi) is 21.9. The fourth-order valence-corrected chi connectivity index (χ4v) is 15.1. The van der Waals surface area contributed by atoms with Crippen molar-refractivity contribution < 1.29 is 37.0 Å². The number of H-pyrrole nitrogens is 6. The molecule has 17 rings (SSSR count). The van der Waals surface area contributed by atoms with Crippen molar-refractivity contribution in [1.82, 2.24) is 89.3 Å². The molecule has 3 aliphatic rings. The number of aryl methyl sites for hydroxylation is 3. The zero-order valence-corrected chi connectivity index (χ0v) is 62.4. The van der Waals surface area contributed by atoms with Gasteiger partial charge in [0, 0.05) is 67.8 Å². The third-order valence-corrected chi connectivity index (χ3v) is 20.7. The van der Waals surface area contributed by atoms with Gasteiger partial charge in [0.15, 0.2) is 0 Å². The Bertz CT molecular complexity index is 5790. The third kappa shape index (κ3) is 16.8. The lowest BCUT2D eigenvalue weighted by Crippen LogP contribution is -2.51. The zero-order valence-electron chi connectivity index (χ0n) is 62.4. The predicted octanol–water partition coefficient (Wildman–Crippen LogP) is 12.5. The Labute approximate surface area is 644 Å². The highest BCUT2D eigenvalue weighted by molar-refractivity contribution is 5.92. The summed E-state index contributed by atoms with van der Waals surface area (Å²) in [6.07, 6.45) is 14.4. The third-order valence-electron chi connectivity index (χ3n) is 20.7. The molecule has 29 heteroatoms. The number of nitrogens with one attached hydrogen (secondary N) is 7. The predicted molar refractivity (Wildman–Crippen MR) is 417 cm³/mol. The molecule has 14 aromatic rings. The number of halogens is 3. The molecule has 0 aliphatic carbocycles. The lowest BCUT2D eigenvalue weighted by atomic mass is 9.83. The van der Waals surface area contributed by atoms with Crippen LogP contribution in [0, 0.1) is 17.5 Å². The molecule has 11 heterocycles. The number of benzene rings is 6. The molecule has 578 valence electrons. The maximum absolute atomic E-state index is 13.9. The van der Waals surface area contributed by atoms with Gasteiger partial charge in [0.2, 0.25) is 23.8 Å². The number of hydrogen-bond acceptors (Lipinski definition) is 14. The molecule has 7 N–H and O–H groups in total. The first-order valence-electron chi connectivity index (χ1n) is 37.7. The van der Waals surface area contributed by atoms with Crippen LogP contribution in [-0.2, 0) is 64.8 Å². The van der Waals surface area contributed by atoms with Gasteiger partial charge < -0.3 is 39.5 Å². The van der Waals surface area contributed by atoms with Gasteiger partial charge in [-0.1, -0.05) is 72.8 Å². The first kappa shape index (κ1) is 75.4. The van der Waals surface area contributed by atoms with E-state index in [1.165, 1.54) is 69.0 Å². The SMILES string of the molecule is CC(C)(C)OC(=O)NC1(c2[nH]n(-c3nc4ccccc4[nH]3)c(=O)c2CCc2ccc(F)cc2)CCOCC1.O=C(Cc1ccncc1)N1CCCC1c1[nH]n(-c2nc3ccccc3[nH]2)c(=O)c1CCc1ccc(F)cc1.O=C(c1cnccn1)N1CCCC1c1[nH]n(-c2nc3ccccc3[nH]2)c(=O)c1CCc1ccc(F)cc1. The number of imidazole rings is 3. The normalized spacial score (nSPS) is 15.5.